The van der Waals surface area contributed by atoms with Crippen molar-refractivity contribution < 1.29 is 9.90 Å². The summed E-state index contributed by atoms with van der Waals surface area (Å²) in [6, 6.07) is 0. The van der Waals surface area contributed by atoms with Crippen molar-refractivity contribution in [3.8, 4) is 0 Å². The van der Waals surface area contributed by atoms with Crippen LogP contribution in [0.4, 0.5) is 0 Å². The lowest BCUT2D eigenvalue weighted by atomic mass is 10.2. The van der Waals surface area contributed by atoms with Gasteiger partial charge in [-0.2, -0.15) is 0 Å². The molecule has 2 N–H and O–H groups in total. The summed E-state index contributed by atoms with van der Waals surface area (Å²) in [6.45, 7) is 2.40. The van der Waals surface area contributed by atoms with Crippen LogP contribution in [0.25, 0.3) is 0 Å². The lowest BCUT2D eigenvalue weighted by molar-refractivity contribution is -0.123. The van der Waals surface area contributed by atoms with Gasteiger partial charge < -0.3 is 10.4 Å². The predicted octanol–water partition coefficient (Wildman–Crippen LogP) is 0.285. The number of unbranched alkanes of at least 4 members (excludes halogenated alkanes) is 2. The Kier molecular flexibility index (Phi) is 6.18. The average Bonchev–Trinajstić information content (AvgIpc) is 1.98. The first-order valence-corrected chi connectivity index (χ1v) is 3.68. The first-order chi connectivity index (χ1) is 4.81. The minimum absolute atomic E-state index is 0.281. The molecule has 0 heterocycles. The van der Waals surface area contributed by atoms with Crippen molar-refractivity contribution in [2.45, 2.75) is 26.2 Å². The van der Waals surface area contributed by atoms with E-state index in [0.29, 0.717) is 6.54 Å². The molecule has 0 saturated carbocycles. The summed E-state index contributed by atoms with van der Waals surface area (Å²) in [7, 11) is 0. The molecule has 0 fully saturated rings. The molecule has 0 bridgehead atoms. The van der Waals surface area contributed by atoms with E-state index in [9.17, 15) is 4.79 Å². The van der Waals surface area contributed by atoms with E-state index in [4.69, 9.17) is 5.11 Å². The monoisotopic (exact) mass is 145 g/mol. The highest BCUT2D eigenvalue weighted by molar-refractivity contribution is 5.76. The number of rotatable bonds is 5. The van der Waals surface area contributed by atoms with Crippen molar-refractivity contribution in [3.63, 3.8) is 0 Å². The second-order valence-corrected chi connectivity index (χ2v) is 2.22. The molecule has 0 atom stereocenters. The number of nitrogens with one attached hydrogen (secondary N) is 1. The van der Waals surface area contributed by atoms with Crippen molar-refractivity contribution in [1.82, 2.24) is 5.32 Å². The number of carbonyl (C=O) groups is 1. The Morgan fingerprint density at radius 3 is 2.70 bits per heavy atom. The van der Waals surface area contributed by atoms with Gasteiger partial charge in [-0.15, -0.1) is 0 Å². The van der Waals surface area contributed by atoms with Gasteiger partial charge in [-0.3, -0.25) is 4.79 Å². The third-order valence-electron chi connectivity index (χ3n) is 1.25. The molecule has 0 rings (SSSR count). The zero-order valence-corrected chi connectivity index (χ0v) is 6.39. The van der Waals surface area contributed by atoms with E-state index in [0.717, 1.165) is 19.3 Å². The molecule has 1 amide bonds. The maximum atomic E-state index is 10.4. The van der Waals surface area contributed by atoms with Gasteiger partial charge in [0.1, 0.15) is 6.61 Å². The summed E-state index contributed by atoms with van der Waals surface area (Å²) in [5, 5.41) is 10.9. The van der Waals surface area contributed by atoms with Gasteiger partial charge in [0.15, 0.2) is 0 Å². The van der Waals surface area contributed by atoms with Gasteiger partial charge in [0.05, 0.1) is 0 Å². The fourth-order valence-electron chi connectivity index (χ4n) is 0.659. The van der Waals surface area contributed by atoms with Crippen LogP contribution in [0.5, 0.6) is 0 Å². The first kappa shape index (κ1) is 9.43. The standard InChI is InChI=1S/C7H15NO2/c1-2-3-4-5-8-7(10)6-9/h9H,2-6H2,1H3,(H,8,10). The van der Waals surface area contributed by atoms with Crippen LogP contribution in [-0.2, 0) is 4.79 Å². The second-order valence-electron chi connectivity index (χ2n) is 2.22. The van der Waals surface area contributed by atoms with Crippen LogP contribution in [0.1, 0.15) is 26.2 Å². The molecule has 3 nitrogen and oxygen atoms in total. The number of aliphatic hydroxyl groups is 1. The maximum absolute atomic E-state index is 10.4. The van der Waals surface area contributed by atoms with Gasteiger partial charge >= 0.3 is 0 Å². The van der Waals surface area contributed by atoms with Crippen LogP contribution in [0.2, 0.25) is 0 Å². The smallest absolute Gasteiger partial charge is 0.245 e. The number of carbonyl (C=O) groups excluding carboxylic acids is 1. The molecule has 3 heteroatoms. The highest BCUT2D eigenvalue weighted by atomic mass is 16.3. The Morgan fingerprint density at radius 2 is 2.20 bits per heavy atom. The molecule has 0 aliphatic rings. The number of hydrogen-bond donors (Lipinski definition) is 2. The SMILES string of the molecule is CCCCCNC(=O)CO. The molecule has 0 aliphatic heterocycles. The van der Waals surface area contributed by atoms with E-state index in [1.54, 1.807) is 0 Å². The number of aliphatic hydroxyl groups excluding tert-OH is 1. The van der Waals surface area contributed by atoms with E-state index in [-0.39, 0.29) is 5.91 Å². The average molecular weight is 145 g/mol. The molecule has 0 aromatic carbocycles. The summed E-state index contributed by atoms with van der Waals surface area (Å²) in [5.74, 6) is -0.281. The van der Waals surface area contributed by atoms with Crippen LogP contribution >= 0.6 is 0 Å². The Hall–Kier alpha value is -0.570. The molecule has 0 aromatic heterocycles. The van der Waals surface area contributed by atoms with E-state index in [1.807, 2.05) is 0 Å². The molecule has 0 saturated heterocycles. The van der Waals surface area contributed by atoms with Crippen molar-refractivity contribution >= 4 is 5.91 Å². The first-order valence-electron chi connectivity index (χ1n) is 3.68. The van der Waals surface area contributed by atoms with E-state index in [1.165, 1.54) is 0 Å². The molecule has 0 aromatic rings. The van der Waals surface area contributed by atoms with Crippen LogP contribution in [0.15, 0.2) is 0 Å². The minimum Gasteiger partial charge on any atom is -0.387 e. The largest absolute Gasteiger partial charge is 0.387 e. The maximum Gasteiger partial charge on any atom is 0.245 e. The van der Waals surface area contributed by atoms with Gasteiger partial charge in [-0.1, -0.05) is 19.8 Å². The van der Waals surface area contributed by atoms with Crippen LogP contribution in [0, 0.1) is 0 Å². The lowest BCUT2D eigenvalue weighted by Crippen LogP contribution is -2.26. The van der Waals surface area contributed by atoms with Crippen molar-refractivity contribution in [2.24, 2.45) is 0 Å². The summed E-state index contributed by atoms with van der Waals surface area (Å²) in [6.07, 6.45) is 3.28. The third kappa shape index (κ3) is 5.56. The molecule has 0 aliphatic carbocycles. The number of hydrogen-bond acceptors (Lipinski definition) is 2. The third-order valence-corrected chi connectivity index (χ3v) is 1.25. The van der Waals surface area contributed by atoms with Crippen LogP contribution in [0.3, 0.4) is 0 Å². The molecule has 0 unspecified atom stereocenters. The van der Waals surface area contributed by atoms with E-state index >= 15 is 0 Å². The Bertz CT molecular complexity index is 93.6. The highest BCUT2D eigenvalue weighted by Gasteiger charge is 1.94. The van der Waals surface area contributed by atoms with Gasteiger partial charge in [0.25, 0.3) is 0 Å². The quantitative estimate of drug-likeness (QED) is 0.546. The molecular weight excluding hydrogens is 130 g/mol. The number of amides is 1. The highest BCUT2D eigenvalue weighted by Crippen LogP contribution is 1.90. The van der Waals surface area contributed by atoms with Crippen LogP contribution in [-0.4, -0.2) is 24.2 Å². The molecule has 0 radical (unpaired) electrons. The van der Waals surface area contributed by atoms with Gasteiger partial charge in [-0.25, -0.2) is 0 Å². The van der Waals surface area contributed by atoms with Gasteiger partial charge in [-0.05, 0) is 6.42 Å². The molecular formula is C7H15NO2. The summed E-state index contributed by atoms with van der Waals surface area (Å²) in [4.78, 5) is 10.4. The minimum atomic E-state index is -0.397. The zero-order chi connectivity index (χ0) is 7.82. The second kappa shape index (κ2) is 6.55. The fraction of sp³-hybridized carbons (Fsp3) is 0.857. The fourth-order valence-corrected chi connectivity index (χ4v) is 0.659. The Morgan fingerprint density at radius 1 is 1.50 bits per heavy atom. The van der Waals surface area contributed by atoms with Crippen molar-refractivity contribution in [3.05, 3.63) is 0 Å². The Balaban J connectivity index is 2.96. The summed E-state index contributed by atoms with van der Waals surface area (Å²) in [5.41, 5.74) is 0. The van der Waals surface area contributed by atoms with Crippen molar-refractivity contribution in [2.75, 3.05) is 13.2 Å². The lowest BCUT2D eigenvalue weighted by Gasteiger charge is -2.00. The van der Waals surface area contributed by atoms with E-state index in [2.05, 4.69) is 12.2 Å². The summed E-state index contributed by atoms with van der Waals surface area (Å²) >= 11 is 0. The molecule has 0 spiro atoms. The predicted molar refractivity (Wildman–Crippen MR) is 39.6 cm³/mol. The Labute approximate surface area is 61.4 Å². The van der Waals surface area contributed by atoms with Gasteiger partial charge in [0, 0.05) is 6.54 Å². The van der Waals surface area contributed by atoms with E-state index < -0.39 is 6.61 Å². The normalized spacial score (nSPS) is 9.40. The van der Waals surface area contributed by atoms with Gasteiger partial charge in [0.2, 0.25) is 5.91 Å². The van der Waals surface area contributed by atoms with Crippen molar-refractivity contribution in [1.29, 1.82) is 0 Å². The zero-order valence-electron chi connectivity index (χ0n) is 6.39. The topological polar surface area (TPSA) is 49.3 Å². The molecule has 10 heavy (non-hydrogen) atoms. The molecule has 60 valence electrons. The summed E-state index contributed by atoms with van der Waals surface area (Å²) < 4.78 is 0. The van der Waals surface area contributed by atoms with Crippen LogP contribution < -0.4 is 5.32 Å².